The van der Waals surface area contributed by atoms with Gasteiger partial charge in [-0.3, -0.25) is 4.79 Å². The molecule has 2 aromatic rings. The predicted octanol–water partition coefficient (Wildman–Crippen LogP) is 2.16. The van der Waals surface area contributed by atoms with Crippen LogP contribution >= 0.6 is 11.3 Å². The highest BCUT2D eigenvalue weighted by atomic mass is 32.1. The predicted molar refractivity (Wildman–Crippen MR) is 99.9 cm³/mol. The van der Waals surface area contributed by atoms with Gasteiger partial charge in [0.1, 0.15) is 5.82 Å². The summed E-state index contributed by atoms with van der Waals surface area (Å²) in [6, 6.07) is 0. The molecule has 7 heteroatoms. The number of hydrogen-bond donors (Lipinski definition) is 0. The molecule has 25 heavy (non-hydrogen) atoms. The molecule has 1 atom stereocenters. The summed E-state index contributed by atoms with van der Waals surface area (Å²) in [6.45, 7) is 5.51. The summed E-state index contributed by atoms with van der Waals surface area (Å²) in [6.07, 6.45) is 6.47. The number of rotatable bonds is 6. The Kier molecular flexibility index (Phi) is 5.86. The molecule has 0 aliphatic carbocycles. The van der Waals surface area contributed by atoms with Gasteiger partial charge in [-0.05, 0) is 33.9 Å². The summed E-state index contributed by atoms with van der Waals surface area (Å²) in [5, 5.41) is 3.00. The lowest BCUT2D eigenvalue weighted by atomic mass is 9.96. The molecule has 3 rings (SSSR count). The minimum Gasteiger partial charge on any atom is -0.342 e. The zero-order valence-corrected chi connectivity index (χ0v) is 16.1. The van der Waals surface area contributed by atoms with E-state index < -0.39 is 0 Å². The fourth-order valence-corrected chi connectivity index (χ4v) is 3.96. The van der Waals surface area contributed by atoms with Crippen molar-refractivity contribution in [2.24, 2.45) is 0 Å². The van der Waals surface area contributed by atoms with Crippen molar-refractivity contribution in [3.63, 3.8) is 0 Å². The first kappa shape index (κ1) is 18.1. The number of nitrogens with zero attached hydrogens (tertiary/aromatic N) is 5. The van der Waals surface area contributed by atoms with Crippen LogP contribution in [0.1, 0.15) is 35.3 Å². The Bertz CT molecular complexity index is 708. The van der Waals surface area contributed by atoms with Crippen LogP contribution in [0.5, 0.6) is 0 Å². The molecule has 1 amide bonds. The smallest absolute Gasteiger partial charge is 0.228 e. The van der Waals surface area contributed by atoms with E-state index in [9.17, 15) is 4.79 Å². The number of aryl methyl sites for hydroxylation is 1. The molecule has 3 heterocycles. The van der Waals surface area contributed by atoms with Crippen LogP contribution in [0.4, 0.5) is 0 Å². The molecule has 0 N–H and O–H groups in total. The third kappa shape index (κ3) is 4.67. The maximum atomic E-state index is 12.6. The minimum atomic E-state index is 0.182. The molecule has 2 aromatic heterocycles. The van der Waals surface area contributed by atoms with Crippen LogP contribution in [-0.2, 0) is 17.8 Å². The Labute approximate surface area is 153 Å². The van der Waals surface area contributed by atoms with Gasteiger partial charge in [0.15, 0.2) is 0 Å². The van der Waals surface area contributed by atoms with Gasteiger partial charge in [-0.25, -0.2) is 9.97 Å². The van der Waals surface area contributed by atoms with E-state index >= 15 is 0 Å². The molecule has 0 saturated carbocycles. The van der Waals surface area contributed by atoms with Crippen molar-refractivity contribution < 1.29 is 4.79 Å². The maximum Gasteiger partial charge on any atom is 0.228 e. The van der Waals surface area contributed by atoms with Crippen molar-refractivity contribution >= 4 is 17.2 Å². The van der Waals surface area contributed by atoms with E-state index in [0.29, 0.717) is 12.3 Å². The average molecular weight is 362 g/mol. The van der Waals surface area contributed by atoms with Crippen LogP contribution in [0.2, 0.25) is 0 Å². The number of aromatic nitrogens is 3. The zero-order chi connectivity index (χ0) is 17.8. The van der Waals surface area contributed by atoms with Crippen LogP contribution in [-0.4, -0.2) is 64.0 Å². The standard InChI is InChI=1S/C18H27N5OS/c1-14-20-16(13-25-14)11-17(24)23-7-4-5-15(12-23)18-19-6-8-22(18)10-9-21(2)3/h6,8,13,15H,4-5,7,9-12H2,1-3H3. The van der Waals surface area contributed by atoms with Crippen LogP contribution in [0, 0.1) is 6.92 Å². The Morgan fingerprint density at radius 1 is 1.44 bits per heavy atom. The zero-order valence-electron chi connectivity index (χ0n) is 15.3. The van der Waals surface area contributed by atoms with Gasteiger partial charge in [0.2, 0.25) is 5.91 Å². The second-order valence-corrected chi connectivity index (χ2v) is 8.06. The summed E-state index contributed by atoms with van der Waals surface area (Å²) in [5.41, 5.74) is 0.891. The number of piperidine rings is 1. The lowest BCUT2D eigenvalue weighted by molar-refractivity contribution is -0.131. The fraction of sp³-hybridized carbons (Fsp3) is 0.611. The highest BCUT2D eigenvalue weighted by Crippen LogP contribution is 2.26. The quantitative estimate of drug-likeness (QED) is 0.791. The van der Waals surface area contributed by atoms with Crippen molar-refractivity contribution in [3.05, 3.63) is 34.3 Å². The van der Waals surface area contributed by atoms with E-state index in [2.05, 4.69) is 39.7 Å². The maximum absolute atomic E-state index is 12.6. The van der Waals surface area contributed by atoms with Gasteiger partial charge in [0.05, 0.1) is 17.1 Å². The molecule has 0 bridgehead atoms. The Balaban J connectivity index is 1.63. The monoisotopic (exact) mass is 361 g/mol. The van der Waals surface area contributed by atoms with Gasteiger partial charge in [-0.15, -0.1) is 11.3 Å². The third-order valence-corrected chi connectivity index (χ3v) is 5.50. The van der Waals surface area contributed by atoms with E-state index in [1.54, 1.807) is 11.3 Å². The topological polar surface area (TPSA) is 54.3 Å². The van der Waals surface area contributed by atoms with Gasteiger partial charge >= 0.3 is 0 Å². The van der Waals surface area contributed by atoms with Gasteiger partial charge in [-0.1, -0.05) is 0 Å². The Morgan fingerprint density at radius 3 is 3.00 bits per heavy atom. The average Bonchev–Trinajstić information content (AvgIpc) is 3.22. The van der Waals surface area contributed by atoms with Gasteiger partial charge in [-0.2, -0.15) is 0 Å². The van der Waals surface area contributed by atoms with E-state index in [4.69, 9.17) is 0 Å². The van der Waals surface area contributed by atoms with E-state index in [0.717, 1.165) is 55.5 Å². The largest absolute Gasteiger partial charge is 0.342 e. The molecule has 1 aliphatic rings. The van der Waals surface area contributed by atoms with Crippen molar-refractivity contribution in [1.29, 1.82) is 0 Å². The highest BCUT2D eigenvalue weighted by Gasteiger charge is 2.27. The number of thiazole rings is 1. The van der Waals surface area contributed by atoms with Crippen LogP contribution in [0.3, 0.4) is 0 Å². The molecule has 1 unspecified atom stereocenters. The van der Waals surface area contributed by atoms with Crippen LogP contribution in [0.25, 0.3) is 0 Å². The Morgan fingerprint density at radius 2 is 2.28 bits per heavy atom. The first-order valence-electron chi connectivity index (χ1n) is 8.87. The van der Waals surface area contributed by atoms with E-state index in [1.807, 2.05) is 23.4 Å². The number of carbonyl (C=O) groups excluding carboxylic acids is 1. The van der Waals surface area contributed by atoms with Gasteiger partial charge in [0.25, 0.3) is 0 Å². The molecule has 136 valence electrons. The van der Waals surface area contributed by atoms with Crippen LogP contribution in [0.15, 0.2) is 17.8 Å². The van der Waals surface area contributed by atoms with Crippen LogP contribution < -0.4 is 0 Å². The summed E-state index contributed by atoms with van der Waals surface area (Å²) in [4.78, 5) is 25.8. The summed E-state index contributed by atoms with van der Waals surface area (Å²) in [5.74, 6) is 1.62. The SMILES string of the molecule is Cc1nc(CC(=O)N2CCCC(c3nccn3CCN(C)C)C2)cs1. The van der Waals surface area contributed by atoms with Gasteiger partial charge < -0.3 is 14.4 Å². The summed E-state index contributed by atoms with van der Waals surface area (Å²) < 4.78 is 2.24. The molecule has 0 radical (unpaired) electrons. The second-order valence-electron chi connectivity index (χ2n) is 7.00. The van der Waals surface area contributed by atoms with Gasteiger partial charge in [0, 0.05) is 49.9 Å². The Hall–Kier alpha value is -1.73. The second kappa shape index (κ2) is 8.10. The molecule has 6 nitrogen and oxygen atoms in total. The first-order chi connectivity index (χ1) is 12.0. The minimum absolute atomic E-state index is 0.182. The molecule has 1 aliphatic heterocycles. The summed E-state index contributed by atoms with van der Waals surface area (Å²) in [7, 11) is 4.16. The number of amides is 1. The molecule has 1 fully saturated rings. The third-order valence-electron chi connectivity index (χ3n) is 4.67. The normalized spacial score (nSPS) is 18.1. The molecule has 0 spiro atoms. The van der Waals surface area contributed by atoms with Crippen molar-refractivity contribution in [1.82, 2.24) is 24.3 Å². The number of likely N-dealkylation sites (tertiary alicyclic amines) is 1. The lowest BCUT2D eigenvalue weighted by Crippen LogP contribution is -2.40. The number of carbonyl (C=O) groups is 1. The van der Waals surface area contributed by atoms with Crippen molar-refractivity contribution in [2.75, 3.05) is 33.7 Å². The van der Waals surface area contributed by atoms with E-state index in [1.165, 1.54) is 0 Å². The number of hydrogen-bond acceptors (Lipinski definition) is 5. The molecule has 1 saturated heterocycles. The molecular formula is C18H27N5OS. The van der Waals surface area contributed by atoms with Crippen molar-refractivity contribution in [2.45, 2.75) is 38.6 Å². The lowest BCUT2D eigenvalue weighted by Gasteiger charge is -2.32. The molecular weight excluding hydrogens is 334 g/mol. The summed E-state index contributed by atoms with van der Waals surface area (Å²) >= 11 is 1.60. The first-order valence-corrected chi connectivity index (χ1v) is 9.75. The number of imidazole rings is 1. The number of likely N-dealkylation sites (N-methyl/N-ethyl adjacent to an activating group) is 1. The highest BCUT2D eigenvalue weighted by molar-refractivity contribution is 7.09. The molecule has 0 aromatic carbocycles. The fourth-order valence-electron chi connectivity index (χ4n) is 3.35. The van der Waals surface area contributed by atoms with E-state index in [-0.39, 0.29) is 5.91 Å². The van der Waals surface area contributed by atoms with Crippen molar-refractivity contribution in [3.8, 4) is 0 Å².